The van der Waals surface area contributed by atoms with E-state index in [4.69, 9.17) is 14.2 Å². The minimum Gasteiger partial charge on any atom is -0.493 e. The summed E-state index contributed by atoms with van der Waals surface area (Å²) in [6, 6.07) is 5.64. The van der Waals surface area contributed by atoms with Crippen LogP contribution in [0.25, 0.3) is 12.2 Å². The zero-order valence-corrected chi connectivity index (χ0v) is 11.7. The first-order valence-corrected chi connectivity index (χ1v) is 6.03. The molecule has 0 atom stereocenters. The highest BCUT2D eigenvalue weighted by Crippen LogP contribution is 2.38. The van der Waals surface area contributed by atoms with Gasteiger partial charge in [0, 0.05) is 0 Å². The second-order valence-electron chi connectivity index (χ2n) is 3.97. The molecule has 0 amide bonds. The number of methoxy groups -OCH3 is 3. The largest absolute Gasteiger partial charge is 0.493 e. The van der Waals surface area contributed by atoms with Gasteiger partial charge in [-0.3, -0.25) is 0 Å². The van der Waals surface area contributed by atoms with E-state index in [-0.39, 0.29) is 0 Å². The molecule has 0 aliphatic carbocycles. The Morgan fingerprint density at radius 3 is 2.00 bits per heavy atom. The highest BCUT2D eigenvalue weighted by Gasteiger charge is 2.11. The van der Waals surface area contributed by atoms with Gasteiger partial charge in [0.1, 0.15) is 0 Å². The number of hydrogen-bond acceptors (Lipinski definition) is 5. The van der Waals surface area contributed by atoms with Crippen LogP contribution >= 0.6 is 0 Å². The summed E-state index contributed by atoms with van der Waals surface area (Å²) < 4.78 is 15.9. The predicted molar refractivity (Wildman–Crippen MR) is 77.1 cm³/mol. The van der Waals surface area contributed by atoms with Crippen LogP contribution in [-0.2, 0) is 0 Å². The fraction of sp³-hybridized carbons (Fsp3) is 0.200. The van der Waals surface area contributed by atoms with E-state index in [0.29, 0.717) is 17.2 Å². The Balaban J connectivity index is 2.35. The van der Waals surface area contributed by atoms with E-state index >= 15 is 0 Å². The summed E-state index contributed by atoms with van der Waals surface area (Å²) in [6.45, 7) is 0. The van der Waals surface area contributed by atoms with Crippen molar-refractivity contribution in [3.05, 3.63) is 41.7 Å². The fourth-order valence-corrected chi connectivity index (χ4v) is 1.79. The van der Waals surface area contributed by atoms with Crippen molar-refractivity contribution in [3.8, 4) is 17.2 Å². The molecule has 0 spiro atoms. The van der Waals surface area contributed by atoms with E-state index in [2.05, 4.69) is 10.2 Å². The summed E-state index contributed by atoms with van der Waals surface area (Å²) in [6.07, 6.45) is 7.22. The average Bonchev–Trinajstić information content (AvgIpc) is 2.52. The maximum absolute atomic E-state index is 5.31. The molecule has 5 nitrogen and oxygen atoms in total. The minimum absolute atomic E-state index is 0.581. The molecule has 1 heterocycles. The lowest BCUT2D eigenvalue weighted by molar-refractivity contribution is 0.324. The van der Waals surface area contributed by atoms with Gasteiger partial charge in [-0.2, -0.15) is 10.2 Å². The molecule has 1 aromatic carbocycles. The lowest BCUT2D eigenvalue weighted by Crippen LogP contribution is -1.95. The van der Waals surface area contributed by atoms with Gasteiger partial charge in [0.05, 0.1) is 33.7 Å². The van der Waals surface area contributed by atoms with Gasteiger partial charge in [-0.25, -0.2) is 0 Å². The maximum Gasteiger partial charge on any atom is 0.203 e. The number of nitrogens with zero attached hydrogens (tertiary/aromatic N) is 2. The third-order valence-corrected chi connectivity index (χ3v) is 2.76. The number of hydrogen-bond donors (Lipinski definition) is 0. The Morgan fingerprint density at radius 2 is 1.50 bits per heavy atom. The van der Waals surface area contributed by atoms with Gasteiger partial charge in [-0.05, 0) is 29.3 Å². The third-order valence-electron chi connectivity index (χ3n) is 2.76. The molecule has 104 valence electrons. The molecule has 0 saturated carbocycles. The van der Waals surface area contributed by atoms with Gasteiger partial charge in [-0.15, -0.1) is 0 Å². The SMILES string of the molecule is COc1cc(C=Cc2ccnnc2)cc(OC)c1OC. The molecular formula is C15H16N2O3. The van der Waals surface area contributed by atoms with Crippen molar-refractivity contribution in [2.24, 2.45) is 0 Å². The first-order chi connectivity index (χ1) is 9.78. The molecule has 2 aromatic rings. The Bertz CT molecular complexity index is 572. The molecule has 20 heavy (non-hydrogen) atoms. The number of rotatable bonds is 5. The van der Waals surface area contributed by atoms with Crippen molar-refractivity contribution in [1.29, 1.82) is 0 Å². The standard InChI is InChI=1S/C15H16N2O3/c1-18-13-8-12(9-14(19-2)15(13)20-3)5-4-11-6-7-16-17-10-11/h4-10H,1-3H3. The van der Waals surface area contributed by atoms with Gasteiger partial charge >= 0.3 is 0 Å². The van der Waals surface area contributed by atoms with Crippen molar-refractivity contribution >= 4 is 12.2 Å². The molecule has 0 radical (unpaired) electrons. The molecule has 0 bridgehead atoms. The second kappa shape index (κ2) is 6.56. The topological polar surface area (TPSA) is 53.5 Å². The van der Waals surface area contributed by atoms with E-state index < -0.39 is 0 Å². The van der Waals surface area contributed by atoms with E-state index in [9.17, 15) is 0 Å². The Labute approximate surface area is 117 Å². The number of aromatic nitrogens is 2. The highest BCUT2D eigenvalue weighted by atomic mass is 16.5. The summed E-state index contributed by atoms with van der Waals surface area (Å²) in [5, 5.41) is 7.56. The van der Waals surface area contributed by atoms with Gasteiger partial charge < -0.3 is 14.2 Å². The molecular weight excluding hydrogens is 256 g/mol. The molecule has 5 heteroatoms. The predicted octanol–water partition coefficient (Wildman–Crippen LogP) is 2.67. The van der Waals surface area contributed by atoms with Crippen molar-refractivity contribution in [2.75, 3.05) is 21.3 Å². The first kappa shape index (κ1) is 13.9. The van der Waals surface area contributed by atoms with Crippen molar-refractivity contribution in [2.45, 2.75) is 0 Å². The Hall–Kier alpha value is -2.56. The molecule has 0 aliphatic rings. The van der Waals surface area contributed by atoms with Gasteiger partial charge in [0.25, 0.3) is 0 Å². The van der Waals surface area contributed by atoms with Crippen LogP contribution in [0.5, 0.6) is 17.2 Å². The van der Waals surface area contributed by atoms with Crippen molar-refractivity contribution < 1.29 is 14.2 Å². The molecule has 1 aromatic heterocycles. The van der Waals surface area contributed by atoms with E-state index in [1.807, 2.05) is 30.4 Å². The quantitative estimate of drug-likeness (QED) is 0.837. The molecule has 0 fully saturated rings. The zero-order valence-electron chi connectivity index (χ0n) is 11.7. The maximum atomic E-state index is 5.31. The first-order valence-electron chi connectivity index (χ1n) is 6.03. The van der Waals surface area contributed by atoms with E-state index in [1.54, 1.807) is 33.7 Å². The zero-order chi connectivity index (χ0) is 14.4. The lowest BCUT2D eigenvalue weighted by Gasteiger charge is -2.12. The van der Waals surface area contributed by atoms with Crippen LogP contribution in [0.3, 0.4) is 0 Å². The fourth-order valence-electron chi connectivity index (χ4n) is 1.79. The molecule has 2 rings (SSSR count). The van der Waals surface area contributed by atoms with Crippen molar-refractivity contribution in [3.63, 3.8) is 0 Å². The van der Waals surface area contributed by atoms with Gasteiger partial charge in [0.15, 0.2) is 11.5 Å². The molecule has 0 unspecified atom stereocenters. The number of ether oxygens (including phenoxy) is 3. The van der Waals surface area contributed by atoms with E-state index in [0.717, 1.165) is 11.1 Å². The smallest absolute Gasteiger partial charge is 0.203 e. The molecule has 0 aliphatic heterocycles. The Kier molecular flexibility index (Phi) is 4.55. The van der Waals surface area contributed by atoms with Gasteiger partial charge in [0.2, 0.25) is 5.75 Å². The third kappa shape index (κ3) is 3.06. The average molecular weight is 272 g/mol. The number of benzene rings is 1. The highest BCUT2D eigenvalue weighted by molar-refractivity contribution is 5.72. The normalized spacial score (nSPS) is 10.6. The molecule has 0 N–H and O–H groups in total. The summed E-state index contributed by atoms with van der Waals surface area (Å²) in [7, 11) is 4.77. The van der Waals surface area contributed by atoms with Gasteiger partial charge in [-0.1, -0.05) is 12.2 Å². The summed E-state index contributed by atoms with van der Waals surface area (Å²) >= 11 is 0. The van der Waals surface area contributed by atoms with Crippen molar-refractivity contribution in [1.82, 2.24) is 10.2 Å². The summed E-state index contributed by atoms with van der Waals surface area (Å²) in [4.78, 5) is 0. The summed E-state index contributed by atoms with van der Waals surface area (Å²) in [5.41, 5.74) is 1.91. The van der Waals surface area contributed by atoms with E-state index in [1.165, 1.54) is 0 Å². The van der Waals surface area contributed by atoms with Crippen LogP contribution in [0.1, 0.15) is 11.1 Å². The van der Waals surface area contributed by atoms with Crippen LogP contribution in [0.4, 0.5) is 0 Å². The molecule has 0 saturated heterocycles. The summed E-state index contributed by atoms with van der Waals surface area (Å²) in [5.74, 6) is 1.83. The second-order valence-corrected chi connectivity index (χ2v) is 3.97. The van der Waals surface area contributed by atoms with Crippen LogP contribution in [0.15, 0.2) is 30.6 Å². The van der Waals surface area contributed by atoms with Crippen LogP contribution in [-0.4, -0.2) is 31.5 Å². The van der Waals surface area contributed by atoms with Crippen LogP contribution in [0.2, 0.25) is 0 Å². The minimum atomic E-state index is 0.581. The monoisotopic (exact) mass is 272 g/mol. The van der Waals surface area contributed by atoms with Crippen LogP contribution in [0, 0.1) is 0 Å². The van der Waals surface area contributed by atoms with Crippen LogP contribution < -0.4 is 14.2 Å². The Morgan fingerprint density at radius 1 is 0.850 bits per heavy atom. The lowest BCUT2D eigenvalue weighted by atomic mass is 10.1.